The predicted molar refractivity (Wildman–Crippen MR) is 125 cm³/mol. The van der Waals surface area contributed by atoms with Crippen molar-refractivity contribution in [1.29, 1.82) is 0 Å². The molecule has 0 heteroatoms. The maximum atomic E-state index is 2.42. The van der Waals surface area contributed by atoms with Gasteiger partial charge in [0.05, 0.1) is 0 Å². The fraction of sp³-hybridized carbons (Fsp3) is 0.241. The Morgan fingerprint density at radius 2 is 0.966 bits per heavy atom. The molecule has 0 saturated heterocycles. The topological polar surface area (TPSA) is 0 Å². The van der Waals surface area contributed by atoms with Crippen molar-refractivity contribution in [3.8, 4) is 0 Å². The van der Waals surface area contributed by atoms with E-state index in [4.69, 9.17) is 0 Å². The Labute approximate surface area is 174 Å². The maximum absolute atomic E-state index is 2.42. The Balaban J connectivity index is 1.72. The molecule has 0 bridgehead atoms. The number of hydrogen-bond acceptors (Lipinski definition) is 0. The molecule has 0 aromatic heterocycles. The number of benzene rings is 3. The van der Waals surface area contributed by atoms with Crippen LogP contribution in [0.3, 0.4) is 0 Å². The lowest BCUT2D eigenvalue weighted by Gasteiger charge is -2.25. The average molecular weight is 377 g/mol. The molecule has 2 aliphatic rings. The van der Waals surface area contributed by atoms with Crippen LogP contribution in [-0.2, 0) is 0 Å². The van der Waals surface area contributed by atoms with E-state index in [1.807, 2.05) is 0 Å². The fourth-order valence-electron chi connectivity index (χ4n) is 5.45. The summed E-state index contributed by atoms with van der Waals surface area (Å²) in [4.78, 5) is 0. The smallest absolute Gasteiger partial charge is 0.0287 e. The molecule has 0 N–H and O–H groups in total. The molecule has 0 aliphatic heterocycles. The summed E-state index contributed by atoms with van der Waals surface area (Å²) in [6.45, 7) is 11.2. The highest BCUT2D eigenvalue weighted by Gasteiger charge is 2.30. The summed E-state index contributed by atoms with van der Waals surface area (Å²) >= 11 is 0. The van der Waals surface area contributed by atoms with Gasteiger partial charge < -0.3 is 0 Å². The molecule has 29 heavy (non-hydrogen) atoms. The molecule has 144 valence electrons. The van der Waals surface area contributed by atoms with Crippen molar-refractivity contribution in [3.63, 3.8) is 0 Å². The van der Waals surface area contributed by atoms with Gasteiger partial charge >= 0.3 is 0 Å². The maximum Gasteiger partial charge on any atom is 0.0287 e. The summed E-state index contributed by atoms with van der Waals surface area (Å²) in [7, 11) is 0. The molecule has 2 aliphatic carbocycles. The summed E-state index contributed by atoms with van der Waals surface area (Å²) in [6, 6.07) is 15.9. The van der Waals surface area contributed by atoms with Crippen LogP contribution in [0.1, 0.15) is 73.0 Å². The zero-order valence-electron chi connectivity index (χ0n) is 18.0. The van der Waals surface area contributed by atoms with Crippen LogP contribution in [-0.4, -0.2) is 0 Å². The van der Waals surface area contributed by atoms with Crippen molar-refractivity contribution in [2.75, 3.05) is 0 Å². The molecule has 5 rings (SSSR count). The minimum atomic E-state index is 0.336. The van der Waals surface area contributed by atoms with Crippen molar-refractivity contribution in [1.82, 2.24) is 0 Å². The van der Waals surface area contributed by atoms with Gasteiger partial charge in [0.15, 0.2) is 0 Å². The summed E-state index contributed by atoms with van der Waals surface area (Å²) in [5, 5.41) is 0. The van der Waals surface area contributed by atoms with Crippen LogP contribution in [0.2, 0.25) is 0 Å². The Hall–Kier alpha value is -2.86. The standard InChI is InChI=1S/C29H28/c1-17-9-11-20(4)27-22(17)13-15-25(27)24-8-6-7-19(3)29(24)26-16-14-23-18(2)10-12-21(5)28(23)26/h6-16,25-26H,1-5H3. The van der Waals surface area contributed by atoms with E-state index in [0.29, 0.717) is 11.8 Å². The van der Waals surface area contributed by atoms with Gasteiger partial charge in [-0.25, -0.2) is 0 Å². The number of aryl methyl sites for hydroxylation is 5. The zero-order chi connectivity index (χ0) is 20.3. The van der Waals surface area contributed by atoms with Crippen LogP contribution in [0.25, 0.3) is 12.2 Å². The number of rotatable bonds is 2. The van der Waals surface area contributed by atoms with Gasteiger partial charge in [-0.15, -0.1) is 0 Å². The molecule has 0 radical (unpaired) electrons. The van der Waals surface area contributed by atoms with E-state index in [1.165, 1.54) is 61.2 Å². The van der Waals surface area contributed by atoms with E-state index in [9.17, 15) is 0 Å². The lowest BCUT2D eigenvalue weighted by atomic mass is 9.78. The molecule has 0 saturated carbocycles. The first-order chi connectivity index (χ1) is 14.0. The minimum absolute atomic E-state index is 0.336. The molecule has 0 spiro atoms. The Morgan fingerprint density at radius 3 is 1.59 bits per heavy atom. The molecule has 0 amide bonds. The SMILES string of the molecule is Cc1ccc(C)c2c1C=CC2c1cccc(C)c1C1C=Cc2c(C)ccc(C)c21. The van der Waals surface area contributed by atoms with Crippen LogP contribution >= 0.6 is 0 Å². The van der Waals surface area contributed by atoms with Gasteiger partial charge in [0, 0.05) is 11.8 Å². The van der Waals surface area contributed by atoms with Crippen molar-refractivity contribution < 1.29 is 0 Å². The van der Waals surface area contributed by atoms with Crippen LogP contribution in [0.4, 0.5) is 0 Å². The van der Waals surface area contributed by atoms with Crippen molar-refractivity contribution in [2.24, 2.45) is 0 Å². The molecule has 2 atom stereocenters. The van der Waals surface area contributed by atoms with Crippen molar-refractivity contribution in [2.45, 2.75) is 46.5 Å². The van der Waals surface area contributed by atoms with E-state index < -0.39 is 0 Å². The fourth-order valence-corrected chi connectivity index (χ4v) is 5.45. The van der Waals surface area contributed by atoms with Crippen molar-refractivity contribution in [3.05, 3.63) is 116 Å². The van der Waals surface area contributed by atoms with E-state index in [-0.39, 0.29) is 0 Å². The van der Waals surface area contributed by atoms with E-state index in [1.54, 1.807) is 0 Å². The Bertz CT molecular complexity index is 1200. The summed E-state index contributed by atoms with van der Waals surface area (Å²) in [5.41, 5.74) is 15.7. The van der Waals surface area contributed by atoms with Gasteiger partial charge in [-0.3, -0.25) is 0 Å². The van der Waals surface area contributed by atoms with Gasteiger partial charge in [0.1, 0.15) is 0 Å². The quantitative estimate of drug-likeness (QED) is 0.433. The summed E-state index contributed by atoms with van der Waals surface area (Å²) in [5.74, 6) is 0.672. The molecule has 0 heterocycles. The third kappa shape index (κ3) is 2.66. The number of hydrogen-bond donors (Lipinski definition) is 0. The van der Waals surface area contributed by atoms with Crippen LogP contribution in [0, 0.1) is 34.6 Å². The first-order valence-corrected chi connectivity index (χ1v) is 10.6. The zero-order valence-corrected chi connectivity index (χ0v) is 18.0. The van der Waals surface area contributed by atoms with Gasteiger partial charge in [0.25, 0.3) is 0 Å². The van der Waals surface area contributed by atoms with Gasteiger partial charge in [-0.1, -0.05) is 66.8 Å². The molecule has 3 aromatic rings. The highest BCUT2D eigenvalue weighted by molar-refractivity contribution is 5.74. The number of fused-ring (bicyclic) bond motifs is 2. The van der Waals surface area contributed by atoms with Gasteiger partial charge in [-0.2, -0.15) is 0 Å². The van der Waals surface area contributed by atoms with Gasteiger partial charge in [0.2, 0.25) is 0 Å². The highest BCUT2D eigenvalue weighted by Crippen LogP contribution is 2.46. The summed E-state index contributed by atoms with van der Waals surface area (Å²) in [6.07, 6.45) is 9.50. The van der Waals surface area contributed by atoms with Crippen LogP contribution in [0.15, 0.2) is 54.6 Å². The van der Waals surface area contributed by atoms with Crippen LogP contribution in [0.5, 0.6) is 0 Å². The highest BCUT2D eigenvalue weighted by atomic mass is 14.3. The largest absolute Gasteiger partial charge is 0.0720 e. The second-order valence-corrected chi connectivity index (χ2v) is 8.80. The second kappa shape index (κ2) is 6.59. The first kappa shape index (κ1) is 18.2. The normalized spacial score (nSPS) is 18.9. The first-order valence-electron chi connectivity index (χ1n) is 10.6. The molecule has 2 unspecified atom stereocenters. The lowest BCUT2D eigenvalue weighted by molar-refractivity contribution is 0.928. The molecule has 0 nitrogen and oxygen atoms in total. The Kier molecular flexibility index (Phi) is 4.13. The Morgan fingerprint density at radius 1 is 0.483 bits per heavy atom. The molecule has 0 fully saturated rings. The average Bonchev–Trinajstić information content (AvgIpc) is 3.34. The third-order valence-corrected chi connectivity index (χ3v) is 6.98. The van der Waals surface area contributed by atoms with E-state index in [2.05, 4.69) is 101 Å². The number of allylic oxidation sites excluding steroid dienone is 2. The van der Waals surface area contributed by atoms with Crippen LogP contribution < -0.4 is 0 Å². The molecule has 3 aromatic carbocycles. The molecular formula is C29H28. The minimum Gasteiger partial charge on any atom is -0.0720 e. The molecular weight excluding hydrogens is 348 g/mol. The second-order valence-electron chi connectivity index (χ2n) is 8.80. The third-order valence-electron chi connectivity index (χ3n) is 6.98. The predicted octanol–water partition coefficient (Wildman–Crippen LogP) is 7.55. The monoisotopic (exact) mass is 376 g/mol. The lowest BCUT2D eigenvalue weighted by Crippen LogP contribution is -2.09. The van der Waals surface area contributed by atoms with E-state index in [0.717, 1.165) is 0 Å². The summed E-state index contributed by atoms with van der Waals surface area (Å²) < 4.78 is 0. The van der Waals surface area contributed by atoms with E-state index >= 15 is 0 Å². The van der Waals surface area contributed by atoms with Crippen molar-refractivity contribution >= 4 is 12.2 Å². The van der Waals surface area contributed by atoms with Gasteiger partial charge in [-0.05, 0) is 95.8 Å².